The molecule has 3 aromatic rings. The van der Waals surface area contributed by atoms with Crippen molar-refractivity contribution in [1.29, 1.82) is 0 Å². The fraction of sp³-hybridized carbons (Fsp3) is 0.345. The third kappa shape index (κ3) is 4.28. The summed E-state index contributed by atoms with van der Waals surface area (Å²) in [5.74, 6) is -0.473. The van der Waals surface area contributed by atoms with Crippen molar-refractivity contribution in [3.63, 3.8) is 0 Å². The summed E-state index contributed by atoms with van der Waals surface area (Å²) in [6.07, 6.45) is 3.49. The number of benzene rings is 3. The molecule has 2 N–H and O–H groups in total. The fourth-order valence-corrected chi connectivity index (χ4v) is 8.21. The Hall–Kier alpha value is -2.94. The van der Waals surface area contributed by atoms with Gasteiger partial charge in [-0.1, -0.05) is 29.8 Å². The van der Waals surface area contributed by atoms with Crippen LogP contribution in [-0.2, 0) is 22.0 Å². The van der Waals surface area contributed by atoms with Crippen LogP contribution in [0.15, 0.2) is 71.6 Å². The van der Waals surface area contributed by atoms with Gasteiger partial charge in [0.2, 0.25) is 0 Å². The molecule has 1 spiro atoms. The van der Waals surface area contributed by atoms with E-state index in [0.29, 0.717) is 22.8 Å². The molecule has 0 bridgehead atoms. The molecule has 1 aliphatic carbocycles. The van der Waals surface area contributed by atoms with Crippen LogP contribution in [0.5, 0.6) is 0 Å². The van der Waals surface area contributed by atoms with E-state index >= 15 is 0 Å². The fourth-order valence-electron chi connectivity index (χ4n) is 6.21. The van der Waals surface area contributed by atoms with Crippen molar-refractivity contribution in [1.82, 2.24) is 10.6 Å². The third-order valence-corrected chi connectivity index (χ3v) is 10.4. The van der Waals surface area contributed by atoms with Gasteiger partial charge in [-0.15, -0.1) is 0 Å². The molecule has 0 radical (unpaired) electrons. The lowest BCUT2D eigenvalue weighted by Gasteiger charge is -2.42. The monoisotopic (exact) mass is 553 g/mol. The van der Waals surface area contributed by atoms with Gasteiger partial charge in [0.15, 0.2) is 0 Å². The van der Waals surface area contributed by atoms with Gasteiger partial charge in [-0.3, -0.25) is 9.10 Å². The number of amides is 1. The molecule has 1 amide bonds. The van der Waals surface area contributed by atoms with Gasteiger partial charge in [0, 0.05) is 22.5 Å². The predicted octanol–water partition coefficient (Wildman–Crippen LogP) is 5.02. The second-order valence-corrected chi connectivity index (χ2v) is 12.7. The molecular weight excluding hydrogens is 525 g/mol. The molecule has 198 valence electrons. The van der Waals surface area contributed by atoms with Crippen LogP contribution in [0.4, 0.5) is 10.1 Å². The van der Waals surface area contributed by atoms with E-state index in [1.165, 1.54) is 24.3 Å². The lowest BCUT2D eigenvalue weighted by Crippen LogP contribution is -2.53. The van der Waals surface area contributed by atoms with Crippen molar-refractivity contribution in [3.05, 3.63) is 94.3 Å². The summed E-state index contributed by atoms with van der Waals surface area (Å²) in [6, 6.07) is 17.5. The Balaban J connectivity index is 1.41. The van der Waals surface area contributed by atoms with Gasteiger partial charge in [-0.25, -0.2) is 12.8 Å². The molecular formula is C29H29ClFN3O3S. The quantitative estimate of drug-likeness (QED) is 0.449. The van der Waals surface area contributed by atoms with Crippen molar-refractivity contribution in [2.75, 3.05) is 17.4 Å². The molecule has 9 heteroatoms. The van der Waals surface area contributed by atoms with E-state index in [4.69, 9.17) is 11.6 Å². The predicted molar refractivity (Wildman–Crippen MR) is 145 cm³/mol. The van der Waals surface area contributed by atoms with E-state index in [-0.39, 0.29) is 22.8 Å². The van der Waals surface area contributed by atoms with Crippen molar-refractivity contribution in [2.45, 2.75) is 48.6 Å². The standard InChI is InChI=1S/C29H29ClFN3O3S/c30-25-4-2-1-3-21(25)18-33-28(35)20-7-12-26-24(17-20)29(13-15-32-16-14-29)27(19-5-6-19)34(26)38(36,37)23-10-8-22(31)9-11-23/h1-4,7-12,17,19,27,32H,5-6,13-16,18H2,(H,33,35). The summed E-state index contributed by atoms with van der Waals surface area (Å²) in [5, 5.41) is 6.96. The van der Waals surface area contributed by atoms with E-state index in [1.807, 2.05) is 24.3 Å². The smallest absolute Gasteiger partial charge is 0.264 e. The molecule has 1 unspecified atom stereocenters. The van der Waals surface area contributed by atoms with E-state index in [0.717, 1.165) is 49.9 Å². The van der Waals surface area contributed by atoms with Crippen molar-refractivity contribution >= 4 is 33.2 Å². The average molecular weight is 554 g/mol. The minimum atomic E-state index is -3.95. The molecule has 3 aliphatic rings. The topological polar surface area (TPSA) is 78.5 Å². The van der Waals surface area contributed by atoms with Gasteiger partial charge >= 0.3 is 0 Å². The van der Waals surface area contributed by atoms with Crippen LogP contribution in [0.3, 0.4) is 0 Å². The molecule has 0 aromatic heterocycles. The highest BCUT2D eigenvalue weighted by Crippen LogP contribution is 2.58. The summed E-state index contributed by atoms with van der Waals surface area (Å²) in [4.78, 5) is 13.3. The summed E-state index contributed by atoms with van der Waals surface area (Å²) >= 11 is 6.26. The second-order valence-electron chi connectivity index (χ2n) is 10.4. The number of nitrogens with zero attached hydrogens (tertiary/aromatic N) is 1. The van der Waals surface area contributed by atoms with Crippen LogP contribution in [-0.4, -0.2) is 33.5 Å². The van der Waals surface area contributed by atoms with E-state index in [9.17, 15) is 17.6 Å². The first-order valence-corrected chi connectivity index (χ1v) is 14.8. The number of hydrogen-bond donors (Lipinski definition) is 2. The van der Waals surface area contributed by atoms with Crippen LogP contribution in [0.2, 0.25) is 5.02 Å². The highest BCUT2D eigenvalue weighted by molar-refractivity contribution is 7.92. The molecule has 2 aliphatic heterocycles. The zero-order valence-electron chi connectivity index (χ0n) is 20.8. The molecule has 6 nitrogen and oxygen atoms in total. The van der Waals surface area contributed by atoms with E-state index < -0.39 is 21.3 Å². The summed E-state index contributed by atoms with van der Waals surface area (Å²) in [5.41, 5.74) is 2.45. The molecule has 2 fully saturated rings. The number of anilines is 1. The first kappa shape index (κ1) is 25.3. The number of sulfonamides is 1. The zero-order valence-corrected chi connectivity index (χ0v) is 22.4. The summed E-state index contributed by atoms with van der Waals surface area (Å²) in [7, 11) is -3.95. The van der Waals surface area contributed by atoms with Crippen LogP contribution in [0.25, 0.3) is 0 Å². The van der Waals surface area contributed by atoms with Gasteiger partial charge in [-0.05, 0) is 104 Å². The first-order chi connectivity index (χ1) is 18.3. The molecule has 2 heterocycles. The Morgan fingerprint density at radius 3 is 2.45 bits per heavy atom. The highest BCUT2D eigenvalue weighted by atomic mass is 35.5. The van der Waals surface area contributed by atoms with Crippen molar-refractivity contribution in [3.8, 4) is 0 Å². The van der Waals surface area contributed by atoms with Crippen molar-refractivity contribution < 1.29 is 17.6 Å². The normalized spacial score (nSPS) is 20.4. The van der Waals surface area contributed by atoms with Crippen molar-refractivity contribution in [2.24, 2.45) is 5.92 Å². The second kappa shape index (κ2) is 9.67. The van der Waals surface area contributed by atoms with Gasteiger partial charge in [0.05, 0.1) is 16.6 Å². The molecule has 3 aromatic carbocycles. The number of hydrogen-bond acceptors (Lipinski definition) is 4. The minimum Gasteiger partial charge on any atom is -0.348 e. The van der Waals surface area contributed by atoms with E-state index in [1.54, 1.807) is 22.5 Å². The van der Waals surface area contributed by atoms with Gasteiger partial charge in [0.25, 0.3) is 15.9 Å². The molecule has 6 rings (SSSR count). The number of carbonyl (C=O) groups is 1. The van der Waals surface area contributed by atoms with E-state index in [2.05, 4.69) is 10.6 Å². The third-order valence-electron chi connectivity index (χ3n) is 8.18. The average Bonchev–Trinajstić information content (AvgIpc) is 3.72. The Morgan fingerprint density at radius 2 is 1.76 bits per heavy atom. The number of piperidine rings is 1. The Morgan fingerprint density at radius 1 is 1.05 bits per heavy atom. The summed E-state index contributed by atoms with van der Waals surface area (Å²) in [6.45, 7) is 1.84. The zero-order chi connectivity index (χ0) is 26.5. The SMILES string of the molecule is O=C(NCc1ccccc1Cl)c1ccc2c(c1)C1(CCNCC1)C(C1CC1)N2S(=O)(=O)c1ccc(F)cc1. The van der Waals surface area contributed by atoms with Crippen LogP contribution in [0, 0.1) is 11.7 Å². The minimum absolute atomic E-state index is 0.0723. The largest absolute Gasteiger partial charge is 0.348 e. The maximum atomic E-state index is 14.1. The number of rotatable bonds is 6. The molecule has 1 saturated heterocycles. The van der Waals surface area contributed by atoms with Crippen LogP contribution < -0.4 is 14.9 Å². The van der Waals surface area contributed by atoms with Crippen LogP contribution in [0.1, 0.15) is 47.2 Å². The van der Waals surface area contributed by atoms with Gasteiger partial charge in [-0.2, -0.15) is 0 Å². The van der Waals surface area contributed by atoms with Gasteiger partial charge in [0.1, 0.15) is 5.82 Å². The summed E-state index contributed by atoms with van der Waals surface area (Å²) < 4.78 is 43.4. The molecule has 1 saturated carbocycles. The first-order valence-electron chi connectivity index (χ1n) is 13.0. The number of nitrogens with one attached hydrogen (secondary N) is 2. The molecule has 1 atom stereocenters. The number of carbonyl (C=O) groups excluding carboxylic acids is 1. The number of fused-ring (bicyclic) bond motifs is 2. The lowest BCUT2D eigenvalue weighted by molar-refractivity contribution is 0.0950. The molecule has 38 heavy (non-hydrogen) atoms. The maximum Gasteiger partial charge on any atom is 0.264 e. The maximum absolute atomic E-state index is 14.1. The Bertz CT molecular complexity index is 1490. The number of halogens is 2. The Labute approximate surface area is 227 Å². The van der Waals surface area contributed by atoms with Gasteiger partial charge < -0.3 is 10.6 Å². The Kier molecular flexibility index (Phi) is 6.45. The lowest BCUT2D eigenvalue weighted by atomic mass is 9.68. The highest BCUT2D eigenvalue weighted by Gasteiger charge is 2.59. The van der Waals surface area contributed by atoms with Crippen LogP contribution >= 0.6 is 11.6 Å².